The summed E-state index contributed by atoms with van der Waals surface area (Å²) in [7, 11) is 1.99. The van der Waals surface area contributed by atoms with Gasteiger partial charge in [-0.05, 0) is 33.4 Å². The van der Waals surface area contributed by atoms with Crippen molar-refractivity contribution in [2.75, 3.05) is 39.8 Å². The van der Waals surface area contributed by atoms with Crippen molar-refractivity contribution in [3.05, 3.63) is 35.8 Å². The number of rotatable bonds is 5. The van der Waals surface area contributed by atoms with Gasteiger partial charge in [0.1, 0.15) is 0 Å². The highest BCUT2D eigenvalue weighted by molar-refractivity contribution is 5.82. The Hall–Kier alpha value is -1.75. The lowest BCUT2D eigenvalue weighted by Gasteiger charge is -2.32. The standard InChI is InChI=1S/C16H27N5/c1-5-20-11-8-14-13(3)18-9-7-15(14)19-16(20)21(6-2)12-10-17-4/h7,9,17-18H,3,5-6,8,10-12H2,1-2,4H3. The van der Waals surface area contributed by atoms with Crippen molar-refractivity contribution < 1.29 is 0 Å². The van der Waals surface area contributed by atoms with Gasteiger partial charge in [0.25, 0.3) is 0 Å². The van der Waals surface area contributed by atoms with E-state index in [2.05, 4.69) is 46.9 Å². The van der Waals surface area contributed by atoms with E-state index >= 15 is 0 Å². The van der Waals surface area contributed by atoms with Crippen LogP contribution in [0.25, 0.3) is 0 Å². The van der Waals surface area contributed by atoms with Crippen molar-refractivity contribution in [3.8, 4) is 0 Å². The number of aliphatic imine (C=N–C) groups is 1. The van der Waals surface area contributed by atoms with Crippen LogP contribution in [0.5, 0.6) is 0 Å². The van der Waals surface area contributed by atoms with Crippen molar-refractivity contribution in [1.29, 1.82) is 0 Å². The molecule has 0 spiro atoms. The zero-order valence-corrected chi connectivity index (χ0v) is 13.4. The molecule has 2 rings (SSSR count). The number of nitrogens with one attached hydrogen (secondary N) is 2. The first kappa shape index (κ1) is 15.6. The van der Waals surface area contributed by atoms with Gasteiger partial charge < -0.3 is 20.4 Å². The topological polar surface area (TPSA) is 42.9 Å². The Morgan fingerprint density at radius 3 is 2.95 bits per heavy atom. The lowest BCUT2D eigenvalue weighted by Crippen LogP contribution is -2.46. The van der Waals surface area contributed by atoms with E-state index in [-0.39, 0.29) is 0 Å². The lowest BCUT2D eigenvalue weighted by molar-refractivity contribution is 0.336. The third-order valence-electron chi connectivity index (χ3n) is 3.99. The molecule has 0 saturated carbocycles. The summed E-state index contributed by atoms with van der Waals surface area (Å²) in [5.74, 6) is 1.08. The van der Waals surface area contributed by atoms with Crippen LogP contribution in [-0.4, -0.2) is 55.5 Å². The smallest absolute Gasteiger partial charge is 0.201 e. The summed E-state index contributed by atoms with van der Waals surface area (Å²) in [6.07, 6.45) is 4.96. The van der Waals surface area contributed by atoms with E-state index in [4.69, 9.17) is 4.99 Å². The fourth-order valence-corrected chi connectivity index (χ4v) is 2.69. The van der Waals surface area contributed by atoms with E-state index in [9.17, 15) is 0 Å². The van der Waals surface area contributed by atoms with Crippen molar-refractivity contribution in [3.63, 3.8) is 0 Å². The molecule has 0 unspecified atom stereocenters. The number of nitrogens with zero attached hydrogens (tertiary/aromatic N) is 3. The predicted molar refractivity (Wildman–Crippen MR) is 88.9 cm³/mol. The molecule has 0 bridgehead atoms. The van der Waals surface area contributed by atoms with E-state index in [1.54, 1.807) is 0 Å². The van der Waals surface area contributed by atoms with E-state index < -0.39 is 0 Å². The first-order valence-electron chi connectivity index (χ1n) is 7.79. The molecule has 0 aromatic rings. The van der Waals surface area contributed by atoms with Crippen molar-refractivity contribution in [2.45, 2.75) is 20.3 Å². The molecular weight excluding hydrogens is 262 g/mol. The molecule has 0 atom stereocenters. The van der Waals surface area contributed by atoms with Gasteiger partial charge in [-0.2, -0.15) is 0 Å². The van der Waals surface area contributed by atoms with E-state index in [0.717, 1.165) is 56.5 Å². The molecule has 0 radical (unpaired) electrons. The van der Waals surface area contributed by atoms with Crippen LogP contribution >= 0.6 is 0 Å². The minimum absolute atomic E-state index is 0.959. The summed E-state index contributed by atoms with van der Waals surface area (Å²) >= 11 is 0. The highest BCUT2D eigenvalue weighted by Crippen LogP contribution is 2.25. The van der Waals surface area contributed by atoms with Gasteiger partial charge in [-0.1, -0.05) is 6.58 Å². The SMILES string of the molecule is C=C1NC=CC2=C1CCN(CC)C(N(CC)CCNC)=N2. The summed E-state index contributed by atoms with van der Waals surface area (Å²) in [5, 5.41) is 6.41. The van der Waals surface area contributed by atoms with Gasteiger partial charge in [-0.25, -0.2) is 4.99 Å². The average molecular weight is 289 g/mol. The second kappa shape index (κ2) is 7.31. The van der Waals surface area contributed by atoms with Gasteiger partial charge in [-0.3, -0.25) is 0 Å². The Labute approximate surface area is 128 Å². The third-order valence-corrected chi connectivity index (χ3v) is 3.99. The number of likely N-dealkylation sites (N-methyl/N-ethyl adjacent to an activating group) is 2. The van der Waals surface area contributed by atoms with Crippen molar-refractivity contribution in [1.82, 2.24) is 20.4 Å². The number of hydrogen-bond donors (Lipinski definition) is 2. The first-order valence-corrected chi connectivity index (χ1v) is 7.79. The van der Waals surface area contributed by atoms with Crippen LogP contribution in [0.1, 0.15) is 20.3 Å². The molecule has 0 aliphatic carbocycles. The number of allylic oxidation sites excluding steroid dienone is 2. The van der Waals surface area contributed by atoms with Crippen LogP contribution in [-0.2, 0) is 0 Å². The number of guanidine groups is 1. The number of dihydropyridines is 1. The maximum atomic E-state index is 4.96. The van der Waals surface area contributed by atoms with E-state index in [0.29, 0.717) is 0 Å². The molecule has 5 heteroatoms. The molecule has 0 amide bonds. The summed E-state index contributed by atoms with van der Waals surface area (Å²) in [6.45, 7) is 13.3. The number of hydrogen-bond acceptors (Lipinski definition) is 5. The molecule has 21 heavy (non-hydrogen) atoms. The average Bonchev–Trinajstić information content (AvgIpc) is 2.68. The van der Waals surface area contributed by atoms with Crippen molar-refractivity contribution in [2.24, 2.45) is 4.99 Å². The van der Waals surface area contributed by atoms with E-state index in [1.807, 2.05) is 13.2 Å². The largest absolute Gasteiger partial charge is 0.362 e. The quantitative estimate of drug-likeness (QED) is 0.805. The summed E-state index contributed by atoms with van der Waals surface area (Å²) in [5.41, 5.74) is 3.26. The minimum atomic E-state index is 0.959. The summed E-state index contributed by atoms with van der Waals surface area (Å²) in [6, 6.07) is 0. The van der Waals surface area contributed by atoms with Crippen LogP contribution in [0.2, 0.25) is 0 Å². The van der Waals surface area contributed by atoms with Crippen LogP contribution in [0.3, 0.4) is 0 Å². The second-order valence-corrected chi connectivity index (χ2v) is 5.24. The minimum Gasteiger partial charge on any atom is -0.362 e. The van der Waals surface area contributed by atoms with Gasteiger partial charge in [-0.15, -0.1) is 0 Å². The molecule has 0 aromatic carbocycles. The Kier molecular flexibility index (Phi) is 5.44. The first-order chi connectivity index (χ1) is 10.2. The van der Waals surface area contributed by atoms with Gasteiger partial charge in [0.15, 0.2) is 0 Å². The molecule has 2 N–H and O–H groups in total. The third kappa shape index (κ3) is 3.47. The van der Waals surface area contributed by atoms with Gasteiger partial charge in [0, 0.05) is 50.2 Å². The zero-order valence-electron chi connectivity index (χ0n) is 13.4. The lowest BCUT2D eigenvalue weighted by atomic mass is 10.1. The van der Waals surface area contributed by atoms with Crippen molar-refractivity contribution >= 4 is 5.96 Å². The Balaban J connectivity index is 2.32. The zero-order chi connectivity index (χ0) is 15.2. The monoisotopic (exact) mass is 289 g/mol. The maximum Gasteiger partial charge on any atom is 0.201 e. The molecule has 0 fully saturated rings. The van der Waals surface area contributed by atoms with Gasteiger partial charge in [0.05, 0.1) is 5.70 Å². The predicted octanol–water partition coefficient (Wildman–Crippen LogP) is 1.49. The van der Waals surface area contributed by atoms with E-state index in [1.165, 1.54) is 5.57 Å². The normalized spacial score (nSPS) is 18.1. The van der Waals surface area contributed by atoms with Crippen LogP contribution in [0, 0.1) is 0 Å². The Morgan fingerprint density at radius 2 is 2.29 bits per heavy atom. The molecule has 5 nitrogen and oxygen atoms in total. The molecule has 116 valence electrons. The van der Waals surface area contributed by atoms with Gasteiger partial charge >= 0.3 is 0 Å². The highest BCUT2D eigenvalue weighted by Gasteiger charge is 2.23. The molecular formula is C16H27N5. The van der Waals surface area contributed by atoms with Crippen LogP contribution in [0.4, 0.5) is 0 Å². The highest BCUT2D eigenvalue weighted by atomic mass is 15.4. The fourth-order valence-electron chi connectivity index (χ4n) is 2.69. The maximum absolute atomic E-state index is 4.96. The Bertz CT molecular complexity index is 475. The Morgan fingerprint density at radius 1 is 1.48 bits per heavy atom. The molecule has 0 aromatic heterocycles. The summed E-state index contributed by atoms with van der Waals surface area (Å²) in [4.78, 5) is 9.66. The molecule has 0 saturated heterocycles. The van der Waals surface area contributed by atoms with Gasteiger partial charge in [0.2, 0.25) is 5.96 Å². The van der Waals surface area contributed by atoms with Crippen LogP contribution < -0.4 is 10.6 Å². The fraction of sp³-hybridized carbons (Fsp3) is 0.562. The molecule has 2 heterocycles. The second-order valence-electron chi connectivity index (χ2n) is 5.24. The van der Waals surface area contributed by atoms with Crippen LogP contribution in [0.15, 0.2) is 40.8 Å². The molecule has 2 aliphatic rings. The molecule has 2 aliphatic heterocycles. The summed E-state index contributed by atoms with van der Waals surface area (Å²) < 4.78 is 0.